The molecule has 1 atom stereocenters. The van der Waals surface area contributed by atoms with Crippen molar-refractivity contribution >= 4 is 35.0 Å². The van der Waals surface area contributed by atoms with E-state index >= 15 is 0 Å². The van der Waals surface area contributed by atoms with E-state index in [1.165, 1.54) is 4.90 Å². The zero-order valence-electron chi connectivity index (χ0n) is 18.0. The first kappa shape index (κ1) is 24.0. The third-order valence-corrected chi connectivity index (χ3v) is 5.22. The fraction of sp³-hybridized carbons (Fsp3) is 0.391. The minimum atomic E-state index is -0.700. The van der Waals surface area contributed by atoms with Gasteiger partial charge < -0.3 is 15.0 Å². The van der Waals surface area contributed by atoms with Crippen molar-refractivity contribution in [1.29, 1.82) is 0 Å². The number of hydrogen-bond acceptors (Lipinski definition) is 3. The number of rotatable bonds is 8. The molecule has 2 aromatic rings. The van der Waals surface area contributed by atoms with Gasteiger partial charge in [0, 0.05) is 22.6 Å². The van der Waals surface area contributed by atoms with Gasteiger partial charge >= 0.3 is 0 Å². The molecule has 0 radical (unpaired) electrons. The Morgan fingerprint density at radius 1 is 1.07 bits per heavy atom. The molecule has 0 saturated carbocycles. The van der Waals surface area contributed by atoms with Crippen LogP contribution in [0.1, 0.15) is 37.5 Å². The van der Waals surface area contributed by atoms with Crippen LogP contribution < -0.4 is 10.1 Å². The number of hydrogen-bond donors (Lipinski definition) is 1. The van der Waals surface area contributed by atoms with Crippen LogP contribution >= 0.6 is 23.2 Å². The number of halogens is 2. The Kier molecular flexibility index (Phi) is 8.56. The minimum Gasteiger partial charge on any atom is -0.483 e. The van der Waals surface area contributed by atoms with Gasteiger partial charge in [-0.1, -0.05) is 47.0 Å². The van der Waals surface area contributed by atoms with Gasteiger partial charge in [0.25, 0.3) is 5.91 Å². The van der Waals surface area contributed by atoms with Crippen LogP contribution in [0.4, 0.5) is 0 Å². The molecule has 30 heavy (non-hydrogen) atoms. The molecule has 0 unspecified atom stereocenters. The maximum atomic E-state index is 13.1. The van der Waals surface area contributed by atoms with Gasteiger partial charge in [0.05, 0.1) is 0 Å². The molecule has 0 spiro atoms. The average Bonchev–Trinajstić information content (AvgIpc) is 2.65. The predicted octanol–water partition coefficient (Wildman–Crippen LogP) is 4.93. The highest BCUT2D eigenvalue weighted by molar-refractivity contribution is 6.35. The van der Waals surface area contributed by atoms with Gasteiger partial charge in [-0.15, -0.1) is 0 Å². The summed E-state index contributed by atoms with van der Waals surface area (Å²) in [6.07, 6.45) is 0. The molecule has 7 heteroatoms. The van der Waals surface area contributed by atoms with Gasteiger partial charge in [-0.2, -0.15) is 0 Å². The lowest BCUT2D eigenvalue weighted by molar-refractivity contribution is -0.142. The fourth-order valence-electron chi connectivity index (χ4n) is 3.00. The van der Waals surface area contributed by atoms with E-state index in [1.807, 2.05) is 45.9 Å². The summed E-state index contributed by atoms with van der Waals surface area (Å²) in [6, 6.07) is 10.1. The molecule has 0 fully saturated rings. The normalized spacial score (nSPS) is 11.9. The van der Waals surface area contributed by atoms with Crippen molar-refractivity contribution < 1.29 is 14.3 Å². The lowest BCUT2D eigenvalue weighted by Crippen LogP contribution is -2.50. The molecule has 0 aromatic heterocycles. The van der Waals surface area contributed by atoms with Crippen LogP contribution in [-0.4, -0.2) is 35.4 Å². The number of aryl methyl sites for hydroxylation is 2. The molecule has 0 aliphatic rings. The third kappa shape index (κ3) is 6.64. The molecule has 0 aliphatic carbocycles. The Morgan fingerprint density at radius 2 is 1.77 bits per heavy atom. The van der Waals surface area contributed by atoms with E-state index in [-0.39, 0.29) is 31.0 Å². The van der Waals surface area contributed by atoms with Crippen molar-refractivity contribution in [3.05, 3.63) is 63.1 Å². The maximum Gasteiger partial charge on any atom is 0.261 e. The van der Waals surface area contributed by atoms with Crippen molar-refractivity contribution in [3.8, 4) is 5.75 Å². The number of nitrogens with one attached hydrogen (secondary N) is 1. The highest BCUT2D eigenvalue weighted by Gasteiger charge is 2.27. The van der Waals surface area contributed by atoms with Gasteiger partial charge in [0.2, 0.25) is 5.91 Å². The number of ether oxygens (including phenoxy) is 1. The monoisotopic (exact) mass is 450 g/mol. The van der Waals surface area contributed by atoms with Gasteiger partial charge in [0.1, 0.15) is 11.8 Å². The van der Waals surface area contributed by atoms with E-state index < -0.39 is 6.04 Å². The second-order valence-corrected chi connectivity index (χ2v) is 8.50. The lowest BCUT2D eigenvalue weighted by Gasteiger charge is -2.29. The second kappa shape index (κ2) is 10.7. The summed E-state index contributed by atoms with van der Waals surface area (Å²) in [5.74, 6) is 0.0834. The summed E-state index contributed by atoms with van der Waals surface area (Å²) in [6.45, 7) is 9.33. The summed E-state index contributed by atoms with van der Waals surface area (Å²) in [5.41, 5.74) is 2.76. The molecule has 0 heterocycles. The Balaban J connectivity index is 2.22. The Morgan fingerprint density at radius 3 is 2.37 bits per heavy atom. The number of nitrogens with zero attached hydrogens (tertiary/aromatic N) is 1. The van der Waals surface area contributed by atoms with E-state index in [0.29, 0.717) is 21.4 Å². The summed E-state index contributed by atoms with van der Waals surface area (Å²) < 4.78 is 5.76. The Hall–Kier alpha value is -2.24. The minimum absolute atomic E-state index is 0.0394. The maximum absolute atomic E-state index is 13.1. The van der Waals surface area contributed by atoms with Crippen LogP contribution in [0.3, 0.4) is 0 Å². The van der Waals surface area contributed by atoms with E-state index in [2.05, 4.69) is 5.32 Å². The highest BCUT2D eigenvalue weighted by Crippen LogP contribution is 2.24. The van der Waals surface area contributed by atoms with Crippen molar-refractivity contribution in [2.45, 2.75) is 53.2 Å². The SMILES string of the molecule is Cc1ccc(OCC(=O)N(Cc2ccc(Cl)cc2Cl)[C@@H](C)C(=O)NC(C)C)c(C)c1. The summed E-state index contributed by atoms with van der Waals surface area (Å²) in [5, 5.41) is 3.79. The van der Waals surface area contributed by atoms with Crippen LogP contribution in [-0.2, 0) is 16.1 Å². The molecule has 2 rings (SSSR count). The number of carbonyl (C=O) groups is 2. The van der Waals surface area contributed by atoms with E-state index in [4.69, 9.17) is 27.9 Å². The topological polar surface area (TPSA) is 58.6 Å². The van der Waals surface area contributed by atoms with Crippen molar-refractivity contribution in [2.75, 3.05) is 6.61 Å². The second-order valence-electron chi connectivity index (χ2n) is 7.65. The van der Waals surface area contributed by atoms with E-state index in [0.717, 1.165) is 11.1 Å². The molecular formula is C23H28Cl2N2O3. The molecule has 162 valence electrons. The van der Waals surface area contributed by atoms with Gasteiger partial charge in [-0.3, -0.25) is 9.59 Å². The smallest absolute Gasteiger partial charge is 0.261 e. The van der Waals surface area contributed by atoms with Gasteiger partial charge in [0.15, 0.2) is 6.61 Å². The molecule has 2 amide bonds. The average molecular weight is 451 g/mol. The molecular weight excluding hydrogens is 423 g/mol. The summed E-state index contributed by atoms with van der Waals surface area (Å²) in [4.78, 5) is 27.1. The largest absolute Gasteiger partial charge is 0.483 e. The first-order valence-corrected chi connectivity index (χ1v) is 10.6. The first-order valence-electron chi connectivity index (χ1n) is 9.82. The van der Waals surface area contributed by atoms with Crippen LogP contribution in [0, 0.1) is 13.8 Å². The van der Waals surface area contributed by atoms with Crippen molar-refractivity contribution in [3.63, 3.8) is 0 Å². The molecule has 0 bridgehead atoms. The van der Waals surface area contributed by atoms with Gasteiger partial charge in [-0.05, 0) is 63.9 Å². The van der Waals surface area contributed by atoms with Crippen LogP contribution in [0.15, 0.2) is 36.4 Å². The fourth-order valence-corrected chi connectivity index (χ4v) is 3.47. The lowest BCUT2D eigenvalue weighted by atomic mass is 10.1. The number of benzene rings is 2. The zero-order valence-corrected chi connectivity index (χ0v) is 19.5. The predicted molar refractivity (Wildman–Crippen MR) is 121 cm³/mol. The zero-order chi connectivity index (χ0) is 22.4. The molecule has 1 N–H and O–H groups in total. The number of amides is 2. The molecule has 2 aromatic carbocycles. The highest BCUT2D eigenvalue weighted by atomic mass is 35.5. The van der Waals surface area contributed by atoms with Crippen LogP contribution in [0.2, 0.25) is 10.0 Å². The third-order valence-electron chi connectivity index (χ3n) is 4.64. The number of carbonyl (C=O) groups excluding carboxylic acids is 2. The molecule has 5 nitrogen and oxygen atoms in total. The van der Waals surface area contributed by atoms with E-state index in [9.17, 15) is 9.59 Å². The van der Waals surface area contributed by atoms with Crippen molar-refractivity contribution in [2.24, 2.45) is 0 Å². The molecule has 0 aliphatic heterocycles. The first-order chi connectivity index (χ1) is 14.1. The summed E-state index contributed by atoms with van der Waals surface area (Å²) >= 11 is 12.3. The standard InChI is InChI=1S/C23H28Cl2N2O3/c1-14(2)26-23(29)17(5)27(12-18-7-8-19(24)11-20(18)25)22(28)13-30-21-9-6-15(3)10-16(21)4/h6-11,14,17H,12-13H2,1-5H3,(H,26,29)/t17-/m0/s1. The quantitative estimate of drug-likeness (QED) is 0.619. The van der Waals surface area contributed by atoms with E-state index in [1.54, 1.807) is 25.1 Å². The summed E-state index contributed by atoms with van der Waals surface area (Å²) in [7, 11) is 0. The Labute approximate surface area is 188 Å². The van der Waals surface area contributed by atoms with Gasteiger partial charge in [-0.25, -0.2) is 0 Å². The van der Waals surface area contributed by atoms with Crippen molar-refractivity contribution in [1.82, 2.24) is 10.2 Å². The molecule has 0 saturated heterocycles. The Bertz CT molecular complexity index is 915. The van der Waals surface area contributed by atoms with Crippen LogP contribution in [0.25, 0.3) is 0 Å². The van der Waals surface area contributed by atoms with Crippen LogP contribution in [0.5, 0.6) is 5.75 Å².